The van der Waals surface area contributed by atoms with E-state index in [9.17, 15) is 4.79 Å². The second-order valence-electron chi connectivity index (χ2n) is 4.05. The Hall–Kier alpha value is -1.06. The number of benzene rings is 1. The molecular weight excluding hydrogens is 216 g/mol. The van der Waals surface area contributed by atoms with Crippen molar-refractivity contribution in [1.82, 2.24) is 0 Å². The zero-order valence-electron chi connectivity index (χ0n) is 8.91. The van der Waals surface area contributed by atoms with E-state index in [1.807, 2.05) is 0 Å². The largest absolute Gasteiger partial charge is 0.374 e. The maximum Gasteiger partial charge on any atom is 0.374 e. The van der Waals surface area contributed by atoms with Crippen molar-refractivity contribution in [2.75, 3.05) is 0 Å². The summed E-state index contributed by atoms with van der Waals surface area (Å²) in [6, 6.07) is 6.65. The molecule has 0 atom stereocenters. The summed E-state index contributed by atoms with van der Waals surface area (Å²) in [5.74, 6) is -0.587. The molecule has 1 rings (SSSR count). The SMILES string of the molecule is CC(C)(C)OOC(=O)c1ccccc1Cl. The third-order valence-electron chi connectivity index (χ3n) is 1.46. The van der Waals surface area contributed by atoms with Crippen LogP contribution >= 0.6 is 11.6 Å². The van der Waals surface area contributed by atoms with E-state index in [1.54, 1.807) is 45.0 Å². The molecule has 0 unspecified atom stereocenters. The molecule has 0 saturated heterocycles. The second kappa shape index (κ2) is 4.64. The Morgan fingerprint density at radius 1 is 1.27 bits per heavy atom. The van der Waals surface area contributed by atoms with Crippen molar-refractivity contribution in [2.24, 2.45) is 0 Å². The van der Waals surface area contributed by atoms with Crippen LogP contribution in [0.3, 0.4) is 0 Å². The van der Waals surface area contributed by atoms with Crippen molar-refractivity contribution in [3.8, 4) is 0 Å². The predicted molar refractivity (Wildman–Crippen MR) is 57.7 cm³/mol. The first-order valence-corrected chi connectivity index (χ1v) is 4.92. The average Bonchev–Trinajstić information content (AvgIpc) is 2.14. The normalized spacial score (nSPS) is 11.2. The lowest BCUT2D eigenvalue weighted by Crippen LogP contribution is -2.22. The maximum absolute atomic E-state index is 11.5. The summed E-state index contributed by atoms with van der Waals surface area (Å²) in [5, 5.41) is 0.347. The van der Waals surface area contributed by atoms with Crippen LogP contribution < -0.4 is 0 Å². The van der Waals surface area contributed by atoms with Crippen molar-refractivity contribution in [1.29, 1.82) is 0 Å². The standard InChI is InChI=1S/C11H13ClO3/c1-11(2,3)15-14-10(13)8-6-4-5-7-9(8)12/h4-7H,1-3H3. The maximum atomic E-state index is 11.5. The van der Waals surface area contributed by atoms with Crippen LogP contribution in [0.15, 0.2) is 24.3 Å². The Bertz CT molecular complexity index is 355. The first-order valence-electron chi connectivity index (χ1n) is 4.55. The zero-order chi connectivity index (χ0) is 11.5. The summed E-state index contributed by atoms with van der Waals surface area (Å²) >= 11 is 5.81. The van der Waals surface area contributed by atoms with Crippen LogP contribution in [0.1, 0.15) is 31.1 Å². The summed E-state index contributed by atoms with van der Waals surface area (Å²) in [6.07, 6.45) is 0. The minimum Gasteiger partial charge on any atom is -0.292 e. The molecule has 4 heteroatoms. The lowest BCUT2D eigenvalue weighted by atomic mass is 10.2. The van der Waals surface area contributed by atoms with Gasteiger partial charge in [-0.1, -0.05) is 23.7 Å². The van der Waals surface area contributed by atoms with Crippen molar-refractivity contribution >= 4 is 17.6 Å². The highest BCUT2D eigenvalue weighted by molar-refractivity contribution is 6.33. The molecule has 0 saturated carbocycles. The van der Waals surface area contributed by atoms with Gasteiger partial charge in [0.15, 0.2) is 0 Å². The number of hydrogen-bond donors (Lipinski definition) is 0. The highest BCUT2D eigenvalue weighted by Crippen LogP contribution is 2.17. The molecule has 0 fully saturated rings. The van der Waals surface area contributed by atoms with Crippen molar-refractivity contribution in [3.05, 3.63) is 34.9 Å². The van der Waals surface area contributed by atoms with Gasteiger partial charge in [0.05, 0.1) is 10.6 Å². The molecule has 82 valence electrons. The van der Waals surface area contributed by atoms with Gasteiger partial charge in [0.2, 0.25) is 0 Å². The molecule has 0 aliphatic rings. The Morgan fingerprint density at radius 3 is 2.40 bits per heavy atom. The monoisotopic (exact) mass is 228 g/mol. The summed E-state index contributed by atoms with van der Waals surface area (Å²) in [7, 11) is 0. The third kappa shape index (κ3) is 3.90. The van der Waals surface area contributed by atoms with Gasteiger partial charge in [-0.05, 0) is 32.9 Å². The Balaban J connectivity index is 2.66. The number of rotatable bonds is 2. The summed E-state index contributed by atoms with van der Waals surface area (Å²) < 4.78 is 0. The Morgan fingerprint density at radius 2 is 1.87 bits per heavy atom. The molecule has 0 radical (unpaired) electrons. The van der Waals surface area contributed by atoms with Gasteiger partial charge in [-0.2, -0.15) is 4.89 Å². The molecule has 0 aliphatic carbocycles. The molecule has 0 aliphatic heterocycles. The smallest absolute Gasteiger partial charge is 0.292 e. The number of hydrogen-bond acceptors (Lipinski definition) is 3. The lowest BCUT2D eigenvalue weighted by molar-refractivity contribution is -0.301. The molecule has 0 aromatic heterocycles. The lowest BCUT2D eigenvalue weighted by Gasteiger charge is -2.16. The molecule has 1 aromatic rings. The van der Waals surface area contributed by atoms with Crippen LogP contribution in [0.4, 0.5) is 0 Å². The minimum absolute atomic E-state index is 0.295. The molecule has 0 N–H and O–H groups in total. The van der Waals surface area contributed by atoms with E-state index in [0.717, 1.165) is 0 Å². The molecule has 15 heavy (non-hydrogen) atoms. The number of carbonyl (C=O) groups is 1. The topological polar surface area (TPSA) is 35.5 Å². The summed E-state index contributed by atoms with van der Waals surface area (Å²) in [6.45, 7) is 5.35. The molecule has 0 heterocycles. The predicted octanol–water partition coefficient (Wildman–Crippen LogP) is 3.23. The van der Waals surface area contributed by atoms with E-state index in [0.29, 0.717) is 10.6 Å². The molecule has 0 amide bonds. The highest BCUT2D eigenvalue weighted by atomic mass is 35.5. The summed E-state index contributed by atoms with van der Waals surface area (Å²) in [4.78, 5) is 21.0. The van der Waals surface area contributed by atoms with Crippen molar-refractivity contribution in [3.63, 3.8) is 0 Å². The van der Waals surface area contributed by atoms with Gasteiger partial charge in [-0.25, -0.2) is 4.79 Å². The molecule has 1 aromatic carbocycles. The molecule has 0 bridgehead atoms. The fourth-order valence-electron chi connectivity index (χ4n) is 0.834. The molecule has 0 spiro atoms. The van der Waals surface area contributed by atoms with Crippen LogP contribution in [0.25, 0.3) is 0 Å². The van der Waals surface area contributed by atoms with Gasteiger partial charge in [-0.3, -0.25) is 4.89 Å². The van der Waals surface area contributed by atoms with Crippen molar-refractivity contribution < 1.29 is 14.6 Å². The van der Waals surface area contributed by atoms with Crippen LogP contribution in [0, 0.1) is 0 Å². The Kier molecular flexibility index (Phi) is 3.72. The average molecular weight is 229 g/mol. The quantitative estimate of drug-likeness (QED) is 0.576. The molecule has 3 nitrogen and oxygen atoms in total. The van der Waals surface area contributed by atoms with Gasteiger partial charge in [0, 0.05) is 0 Å². The molecular formula is C11H13ClO3. The highest BCUT2D eigenvalue weighted by Gasteiger charge is 2.17. The second-order valence-corrected chi connectivity index (χ2v) is 4.45. The van der Waals surface area contributed by atoms with E-state index < -0.39 is 11.6 Å². The van der Waals surface area contributed by atoms with E-state index in [2.05, 4.69) is 4.89 Å². The Labute approximate surface area is 93.9 Å². The van der Waals surface area contributed by atoms with Gasteiger partial charge in [0.1, 0.15) is 5.60 Å². The van der Waals surface area contributed by atoms with Crippen molar-refractivity contribution in [2.45, 2.75) is 26.4 Å². The number of carbonyl (C=O) groups excluding carboxylic acids is 1. The van der Waals surface area contributed by atoms with Crippen LogP contribution in [-0.2, 0) is 9.78 Å². The van der Waals surface area contributed by atoms with E-state index in [-0.39, 0.29) is 0 Å². The van der Waals surface area contributed by atoms with E-state index in [4.69, 9.17) is 16.5 Å². The fourth-order valence-corrected chi connectivity index (χ4v) is 1.05. The first-order chi connectivity index (χ1) is 6.90. The summed E-state index contributed by atoms with van der Waals surface area (Å²) in [5.41, 5.74) is -0.236. The van der Waals surface area contributed by atoms with Crippen LogP contribution in [-0.4, -0.2) is 11.6 Å². The number of halogens is 1. The first kappa shape index (κ1) is 12.0. The fraction of sp³-hybridized carbons (Fsp3) is 0.364. The van der Waals surface area contributed by atoms with E-state index >= 15 is 0 Å². The van der Waals surface area contributed by atoms with Gasteiger partial charge >= 0.3 is 5.97 Å². The minimum atomic E-state index is -0.587. The van der Waals surface area contributed by atoms with E-state index in [1.165, 1.54) is 0 Å². The van der Waals surface area contributed by atoms with Crippen LogP contribution in [0.2, 0.25) is 5.02 Å². The van der Waals surface area contributed by atoms with Gasteiger partial charge in [0.25, 0.3) is 0 Å². The van der Waals surface area contributed by atoms with Gasteiger partial charge in [-0.15, -0.1) is 0 Å². The van der Waals surface area contributed by atoms with Gasteiger partial charge < -0.3 is 0 Å². The zero-order valence-corrected chi connectivity index (χ0v) is 9.67. The van der Waals surface area contributed by atoms with Crippen LogP contribution in [0.5, 0.6) is 0 Å². The third-order valence-corrected chi connectivity index (χ3v) is 1.79.